The van der Waals surface area contributed by atoms with Crippen molar-refractivity contribution in [1.29, 1.82) is 0 Å². The Bertz CT molecular complexity index is 603. The summed E-state index contributed by atoms with van der Waals surface area (Å²) in [7, 11) is 1.37. The van der Waals surface area contributed by atoms with E-state index in [-0.39, 0.29) is 6.54 Å². The molecule has 2 aromatic rings. The van der Waals surface area contributed by atoms with Crippen molar-refractivity contribution in [3.8, 4) is 0 Å². The SMILES string of the molecule is COC(CNc1ccnc2cc(Cl)ccc12)C(=O)O. The van der Waals surface area contributed by atoms with Crippen molar-refractivity contribution in [3.63, 3.8) is 0 Å². The number of carboxylic acid groups (broad SMARTS) is 1. The molecule has 6 heteroatoms. The number of pyridine rings is 1. The number of hydrogen-bond acceptors (Lipinski definition) is 4. The van der Waals surface area contributed by atoms with Crippen LogP contribution < -0.4 is 5.32 Å². The predicted molar refractivity (Wildman–Crippen MR) is 73.7 cm³/mol. The van der Waals surface area contributed by atoms with Crippen LogP contribution in [0.4, 0.5) is 5.69 Å². The van der Waals surface area contributed by atoms with Gasteiger partial charge in [0.2, 0.25) is 0 Å². The van der Waals surface area contributed by atoms with Crippen LogP contribution in [-0.4, -0.2) is 35.8 Å². The summed E-state index contributed by atoms with van der Waals surface area (Å²) in [5.74, 6) is -1.00. The summed E-state index contributed by atoms with van der Waals surface area (Å²) in [5.41, 5.74) is 1.55. The number of methoxy groups -OCH3 is 1. The molecule has 0 amide bonds. The van der Waals surface area contributed by atoms with Crippen molar-refractivity contribution < 1.29 is 14.6 Å². The Morgan fingerprint density at radius 3 is 3.00 bits per heavy atom. The maximum absolute atomic E-state index is 10.9. The molecule has 19 heavy (non-hydrogen) atoms. The summed E-state index contributed by atoms with van der Waals surface area (Å²) in [5, 5.41) is 13.4. The van der Waals surface area contributed by atoms with Gasteiger partial charge in [-0.1, -0.05) is 11.6 Å². The van der Waals surface area contributed by atoms with Crippen molar-refractivity contribution in [2.24, 2.45) is 0 Å². The van der Waals surface area contributed by atoms with Crippen LogP contribution in [0.2, 0.25) is 5.02 Å². The quantitative estimate of drug-likeness (QED) is 0.880. The zero-order chi connectivity index (χ0) is 13.8. The van der Waals surface area contributed by atoms with E-state index in [2.05, 4.69) is 10.3 Å². The average molecular weight is 281 g/mol. The molecular weight excluding hydrogens is 268 g/mol. The molecule has 0 aliphatic carbocycles. The van der Waals surface area contributed by atoms with E-state index in [1.165, 1.54) is 7.11 Å². The zero-order valence-electron chi connectivity index (χ0n) is 10.3. The van der Waals surface area contributed by atoms with E-state index in [4.69, 9.17) is 21.4 Å². The van der Waals surface area contributed by atoms with E-state index in [1.54, 1.807) is 24.4 Å². The normalized spacial score (nSPS) is 12.3. The molecule has 0 fully saturated rings. The van der Waals surface area contributed by atoms with Crippen LogP contribution in [0.25, 0.3) is 10.9 Å². The number of ether oxygens (including phenoxy) is 1. The highest BCUT2D eigenvalue weighted by atomic mass is 35.5. The lowest BCUT2D eigenvalue weighted by molar-refractivity contribution is -0.147. The van der Waals surface area contributed by atoms with Crippen LogP contribution in [0.5, 0.6) is 0 Å². The molecule has 5 nitrogen and oxygen atoms in total. The van der Waals surface area contributed by atoms with Gasteiger partial charge in [0.05, 0.1) is 12.1 Å². The van der Waals surface area contributed by atoms with E-state index >= 15 is 0 Å². The first-order valence-corrected chi connectivity index (χ1v) is 6.03. The first-order chi connectivity index (χ1) is 9.11. The standard InChI is InChI=1S/C13H13ClN2O3/c1-19-12(13(17)18)7-16-10-4-5-15-11-6-8(14)2-3-9(10)11/h2-6,12H,7H2,1H3,(H,15,16)(H,17,18). The smallest absolute Gasteiger partial charge is 0.334 e. The summed E-state index contributed by atoms with van der Waals surface area (Å²) in [6, 6.07) is 7.15. The van der Waals surface area contributed by atoms with Crippen molar-refractivity contribution in [1.82, 2.24) is 4.98 Å². The number of aliphatic carboxylic acids is 1. The van der Waals surface area contributed by atoms with Crippen LogP contribution in [-0.2, 0) is 9.53 Å². The van der Waals surface area contributed by atoms with Gasteiger partial charge in [-0.15, -0.1) is 0 Å². The predicted octanol–water partition coefficient (Wildman–Crippen LogP) is 2.40. The number of carboxylic acids is 1. The second-order valence-corrected chi connectivity index (χ2v) is 4.40. The Kier molecular flexibility index (Phi) is 4.19. The van der Waals surface area contributed by atoms with Gasteiger partial charge in [0.15, 0.2) is 6.10 Å². The molecule has 0 aliphatic rings. The van der Waals surface area contributed by atoms with Crippen LogP contribution in [0.3, 0.4) is 0 Å². The third-order valence-electron chi connectivity index (χ3n) is 2.74. The van der Waals surface area contributed by atoms with Crippen molar-refractivity contribution in [3.05, 3.63) is 35.5 Å². The average Bonchev–Trinajstić information content (AvgIpc) is 2.38. The third kappa shape index (κ3) is 3.13. The molecule has 1 heterocycles. The van der Waals surface area contributed by atoms with Gasteiger partial charge in [0, 0.05) is 29.4 Å². The van der Waals surface area contributed by atoms with Crippen molar-refractivity contribution >= 4 is 34.2 Å². The van der Waals surface area contributed by atoms with E-state index in [0.717, 1.165) is 16.6 Å². The Morgan fingerprint density at radius 2 is 2.32 bits per heavy atom. The summed E-state index contributed by atoms with van der Waals surface area (Å²) < 4.78 is 4.87. The van der Waals surface area contributed by atoms with E-state index in [0.29, 0.717) is 5.02 Å². The number of benzene rings is 1. The van der Waals surface area contributed by atoms with Crippen molar-refractivity contribution in [2.75, 3.05) is 19.0 Å². The minimum absolute atomic E-state index is 0.174. The van der Waals surface area contributed by atoms with Crippen LogP contribution >= 0.6 is 11.6 Å². The fourth-order valence-electron chi connectivity index (χ4n) is 1.75. The first-order valence-electron chi connectivity index (χ1n) is 5.65. The highest BCUT2D eigenvalue weighted by Gasteiger charge is 2.16. The number of carbonyl (C=O) groups is 1. The van der Waals surface area contributed by atoms with Gasteiger partial charge >= 0.3 is 5.97 Å². The molecule has 100 valence electrons. The minimum atomic E-state index is -1.00. The van der Waals surface area contributed by atoms with E-state index in [1.807, 2.05) is 6.07 Å². The number of hydrogen-bond donors (Lipinski definition) is 2. The number of rotatable bonds is 5. The summed E-state index contributed by atoms with van der Waals surface area (Å²) in [6.07, 6.45) is 0.749. The molecule has 0 spiro atoms. The molecule has 1 aromatic heterocycles. The van der Waals surface area contributed by atoms with Gasteiger partial charge < -0.3 is 15.2 Å². The lowest BCUT2D eigenvalue weighted by Gasteiger charge is -2.14. The Hall–Kier alpha value is -1.85. The molecule has 0 radical (unpaired) electrons. The highest BCUT2D eigenvalue weighted by Crippen LogP contribution is 2.24. The van der Waals surface area contributed by atoms with Gasteiger partial charge in [-0.05, 0) is 24.3 Å². The molecule has 1 unspecified atom stereocenters. The van der Waals surface area contributed by atoms with Gasteiger partial charge in [0.25, 0.3) is 0 Å². The number of anilines is 1. The third-order valence-corrected chi connectivity index (χ3v) is 2.98. The molecule has 0 saturated heterocycles. The Morgan fingerprint density at radius 1 is 1.53 bits per heavy atom. The topological polar surface area (TPSA) is 71.5 Å². The molecule has 0 saturated carbocycles. The Balaban J connectivity index is 2.23. The minimum Gasteiger partial charge on any atom is -0.479 e. The molecule has 2 N–H and O–H groups in total. The molecular formula is C13H13ClN2O3. The number of fused-ring (bicyclic) bond motifs is 1. The van der Waals surface area contributed by atoms with Gasteiger partial charge in [-0.25, -0.2) is 4.79 Å². The second kappa shape index (κ2) is 5.86. The lowest BCUT2D eigenvalue weighted by Crippen LogP contribution is -2.30. The monoisotopic (exact) mass is 280 g/mol. The number of aromatic nitrogens is 1. The molecule has 0 bridgehead atoms. The number of nitrogens with zero attached hydrogens (tertiary/aromatic N) is 1. The molecule has 1 atom stereocenters. The molecule has 0 aliphatic heterocycles. The fraction of sp³-hybridized carbons (Fsp3) is 0.231. The fourth-order valence-corrected chi connectivity index (χ4v) is 1.92. The summed E-state index contributed by atoms with van der Waals surface area (Å²) in [4.78, 5) is 15.1. The number of nitrogens with one attached hydrogen (secondary N) is 1. The maximum atomic E-state index is 10.9. The maximum Gasteiger partial charge on any atom is 0.334 e. The van der Waals surface area contributed by atoms with Gasteiger partial charge in [-0.3, -0.25) is 4.98 Å². The first kappa shape index (κ1) is 13.6. The van der Waals surface area contributed by atoms with Gasteiger partial charge in [0.1, 0.15) is 0 Å². The van der Waals surface area contributed by atoms with Crippen LogP contribution in [0, 0.1) is 0 Å². The Labute approximate surface area is 115 Å². The van der Waals surface area contributed by atoms with Gasteiger partial charge in [-0.2, -0.15) is 0 Å². The molecule has 2 rings (SSSR count). The van der Waals surface area contributed by atoms with Crippen LogP contribution in [0.15, 0.2) is 30.5 Å². The largest absolute Gasteiger partial charge is 0.479 e. The van der Waals surface area contributed by atoms with Crippen molar-refractivity contribution in [2.45, 2.75) is 6.10 Å². The lowest BCUT2D eigenvalue weighted by atomic mass is 10.2. The van der Waals surface area contributed by atoms with Crippen LogP contribution in [0.1, 0.15) is 0 Å². The molecule has 1 aromatic carbocycles. The summed E-state index contributed by atoms with van der Waals surface area (Å²) in [6.45, 7) is 0.174. The van der Waals surface area contributed by atoms with E-state index < -0.39 is 12.1 Å². The number of halogens is 1. The summed E-state index contributed by atoms with van der Waals surface area (Å²) >= 11 is 5.90. The highest BCUT2D eigenvalue weighted by molar-refractivity contribution is 6.31. The zero-order valence-corrected chi connectivity index (χ0v) is 11.0. The second-order valence-electron chi connectivity index (χ2n) is 3.96. The van der Waals surface area contributed by atoms with E-state index in [9.17, 15) is 4.79 Å².